The third kappa shape index (κ3) is 3.81. The first-order valence-corrected chi connectivity index (χ1v) is 7.07. The van der Waals surface area contributed by atoms with E-state index in [0.29, 0.717) is 0 Å². The lowest BCUT2D eigenvalue weighted by molar-refractivity contribution is -0.325. The van der Waals surface area contributed by atoms with Gasteiger partial charge in [0.15, 0.2) is 12.6 Å². The maximum absolute atomic E-state index is 9.78. The molecule has 0 spiro atoms. The van der Waals surface area contributed by atoms with Gasteiger partial charge in [0.1, 0.15) is 48.8 Å². The van der Waals surface area contributed by atoms with E-state index in [9.17, 15) is 35.7 Å². The molecule has 0 amide bonds. The third-order valence-corrected chi connectivity index (χ3v) is 3.96. The highest BCUT2D eigenvalue weighted by Crippen LogP contribution is 2.24. The second-order valence-corrected chi connectivity index (χ2v) is 5.57. The molecule has 2 saturated heterocycles. The van der Waals surface area contributed by atoms with Gasteiger partial charge in [-0.2, -0.15) is 0 Å². The lowest BCUT2D eigenvalue weighted by Crippen LogP contribution is -2.61. The van der Waals surface area contributed by atoms with Crippen LogP contribution in [-0.4, -0.2) is 115 Å². The third-order valence-electron chi connectivity index (χ3n) is 3.96. The van der Waals surface area contributed by atoms with Crippen LogP contribution in [0.15, 0.2) is 0 Å². The second-order valence-electron chi connectivity index (χ2n) is 5.57. The first-order valence-electron chi connectivity index (χ1n) is 7.07. The van der Waals surface area contributed by atoms with Gasteiger partial charge in [-0.3, -0.25) is 0 Å². The summed E-state index contributed by atoms with van der Waals surface area (Å²) in [6, 6.07) is 0. The van der Waals surface area contributed by atoms with Crippen LogP contribution in [0, 0.1) is 0 Å². The molecule has 2 aliphatic heterocycles. The number of rotatable bonds is 4. The normalized spacial score (nSPS) is 51.7. The van der Waals surface area contributed by atoms with Crippen LogP contribution in [0.1, 0.15) is 0 Å². The molecule has 23 heavy (non-hydrogen) atoms. The van der Waals surface area contributed by atoms with E-state index in [0.717, 1.165) is 0 Å². The Morgan fingerprint density at radius 2 is 1.22 bits per heavy atom. The van der Waals surface area contributed by atoms with E-state index in [1.807, 2.05) is 0 Å². The fraction of sp³-hybridized carbons (Fsp3) is 1.00. The summed E-state index contributed by atoms with van der Waals surface area (Å²) in [6.45, 7) is -1.10. The molecule has 2 heterocycles. The van der Waals surface area contributed by atoms with Gasteiger partial charge in [0, 0.05) is 0 Å². The molecule has 11 nitrogen and oxygen atoms in total. The molecule has 11 heteroatoms. The Labute approximate surface area is 130 Å². The van der Waals surface area contributed by atoms with E-state index < -0.39 is 74.6 Å². The van der Waals surface area contributed by atoms with Crippen molar-refractivity contribution in [2.75, 3.05) is 13.2 Å². The molecule has 2 aliphatic rings. The largest absolute Gasteiger partial charge is 0.394 e. The van der Waals surface area contributed by atoms with Gasteiger partial charge in [0.2, 0.25) is 0 Å². The fourth-order valence-corrected chi connectivity index (χ4v) is 2.46. The van der Waals surface area contributed by atoms with Crippen LogP contribution < -0.4 is 0 Å². The van der Waals surface area contributed by atoms with Gasteiger partial charge in [-0.25, -0.2) is 0 Å². The molecule has 10 atom stereocenters. The lowest BCUT2D eigenvalue weighted by atomic mass is 9.98. The van der Waals surface area contributed by atoms with Crippen molar-refractivity contribution in [2.45, 2.75) is 61.4 Å². The van der Waals surface area contributed by atoms with Gasteiger partial charge in [0.25, 0.3) is 0 Å². The molecule has 8 N–H and O–H groups in total. The monoisotopic (exact) mass is 342 g/mol. The Morgan fingerprint density at radius 1 is 0.652 bits per heavy atom. The molecule has 136 valence electrons. The molecular weight excluding hydrogens is 320 g/mol. The van der Waals surface area contributed by atoms with E-state index in [-0.39, 0.29) is 0 Å². The van der Waals surface area contributed by atoms with Crippen molar-refractivity contribution in [3.63, 3.8) is 0 Å². The Kier molecular flexibility index (Phi) is 6.27. The highest BCUT2D eigenvalue weighted by Gasteiger charge is 2.46. The standard InChI is InChI=1S/C12H22O11/c13-1-3-5(14)8(17)10(19)12(23-3)21-2-4-6(15)7(16)9(18)11(20)22-4/h3-20H,1-2H2/t3?,4?,5-,6-,7+,8+,9?,10?,11-,12+/m1/s1. The van der Waals surface area contributed by atoms with E-state index >= 15 is 0 Å². The van der Waals surface area contributed by atoms with Gasteiger partial charge in [-0.1, -0.05) is 0 Å². The minimum absolute atomic E-state index is 0.468. The first-order chi connectivity index (χ1) is 10.8. The van der Waals surface area contributed by atoms with Crippen molar-refractivity contribution in [3.8, 4) is 0 Å². The average Bonchev–Trinajstić information content (AvgIpc) is 2.54. The SMILES string of the molecule is OCC1O[C@H](OCC2O[C@@H](O)C(O)[C@@H](O)[C@@H]2O)C(O)[C@@H](O)[C@@H]1O. The molecule has 2 fully saturated rings. The second kappa shape index (κ2) is 7.63. The van der Waals surface area contributed by atoms with E-state index in [4.69, 9.17) is 19.3 Å². The summed E-state index contributed by atoms with van der Waals surface area (Å²) in [5, 5.41) is 76.1. The summed E-state index contributed by atoms with van der Waals surface area (Å²) >= 11 is 0. The van der Waals surface area contributed by atoms with Crippen LogP contribution in [0.25, 0.3) is 0 Å². The van der Waals surface area contributed by atoms with Crippen LogP contribution in [0.2, 0.25) is 0 Å². The molecule has 4 unspecified atom stereocenters. The highest BCUT2D eigenvalue weighted by molar-refractivity contribution is 4.91. The van der Waals surface area contributed by atoms with Crippen LogP contribution in [0.4, 0.5) is 0 Å². The van der Waals surface area contributed by atoms with Crippen LogP contribution in [0.3, 0.4) is 0 Å². The molecular formula is C12H22O11. The number of hydrogen-bond donors (Lipinski definition) is 8. The predicted octanol–water partition coefficient (Wildman–Crippen LogP) is -5.40. The zero-order valence-electron chi connectivity index (χ0n) is 12.0. The fourth-order valence-electron chi connectivity index (χ4n) is 2.46. The lowest BCUT2D eigenvalue weighted by Gasteiger charge is -2.41. The van der Waals surface area contributed by atoms with Crippen molar-refractivity contribution in [1.29, 1.82) is 0 Å². The van der Waals surface area contributed by atoms with E-state index in [1.54, 1.807) is 0 Å². The van der Waals surface area contributed by atoms with E-state index in [2.05, 4.69) is 0 Å². The van der Waals surface area contributed by atoms with Gasteiger partial charge in [-0.05, 0) is 0 Å². The topological polar surface area (TPSA) is 190 Å². The number of hydrogen-bond acceptors (Lipinski definition) is 11. The molecule has 0 radical (unpaired) electrons. The van der Waals surface area contributed by atoms with Crippen molar-refractivity contribution in [2.24, 2.45) is 0 Å². The molecule has 0 aromatic carbocycles. The Bertz CT molecular complexity index is 380. The first kappa shape index (κ1) is 18.9. The van der Waals surface area contributed by atoms with Gasteiger partial charge >= 0.3 is 0 Å². The number of ether oxygens (including phenoxy) is 3. The summed E-state index contributed by atoms with van der Waals surface area (Å²) in [7, 11) is 0. The molecule has 2 rings (SSSR count). The Morgan fingerprint density at radius 3 is 1.83 bits per heavy atom. The quantitative estimate of drug-likeness (QED) is 0.243. The van der Waals surface area contributed by atoms with Crippen molar-refractivity contribution < 1.29 is 55.1 Å². The van der Waals surface area contributed by atoms with E-state index in [1.165, 1.54) is 0 Å². The summed E-state index contributed by atoms with van der Waals surface area (Å²) in [4.78, 5) is 0. The minimum atomic E-state index is -1.74. The summed E-state index contributed by atoms with van der Waals surface area (Å²) in [6.07, 6.45) is -15.3. The van der Waals surface area contributed by atoms with Crippen molar-refractivity contribution in [3.05, 3.63) is 0 Å². The van der Waals surface area contributed by atoms with Gasteiger partial charge in [0.05, 0.1) is 13.2 Å². The van der Waals surface area contributed by atoms with Crippen LogP contribution >= 0.6 is 0 Å². The summed E-state index contributed by atoms with van der Waals surface area (Å²) in [5.74, 6) is 0. The summed E-state index contributed by atoms with van der Waals surface area (Å²) < 4.78 is 15.1. The van der Waals surface area contributed by atoms with Crippen molar-refractivity contribution in [1.82, 2.24) is 0 Å². The molecule has 0 aromatic heterocycles. The Balaban J connectivity index is 1.94. The zero-order valence-corrected chi connectivity index (χ0v) is 12.0. The molecule has 0 aromatic rings. The Hall–Kier alpha value is -0.440. The predicted molar refractivity (Wildman–Crippen MR) is 68.6 cm³/mol. The molecule has 0 aliphatic carbocycles. The maximum Gasteiger partial charge on any atom is 0.186 e. The number of aliphatic hydroxyl groups excluding tert-OH is 8. The highest BCUT2D eigenvalue weighted by atomic mass is 16.7. The van der Waals surface area contributed by atoms with Gasteiger partial charge in [-0.15, -0.1) is 0 Å². The maximum atomic E-state index is 9.78. The minimum Gasteiger partial charge on any atom is -0.394 e. The summed E-state index contributed by atoms with van der Waals surface area (Å²) in [5.41, 5.74) is 0. The molecule has 0 saturated carbocycles. The average molecular weight is 342 g/mol. The number of aliphatic hydroxyl groups is 8. The molecule has 0 bridgehead atoms. The van der Waals surface area contributed by atoms with Crippen LogP contribution in [-0.2, 0) is 14.2 Å². The van der Waals surface area contributed by atoms with Gasteiger partial charge < -0.3 is 55.1 Å². The van der Waals surface area contributed by atoms with Crippen LogP contribution in [0.5, 0.6) is 0 Å². The smallest absolute Gasteiger partial charge is 0.186 e. The zero-order chi connectivity index (χ0) is 17.3. The van der Waals surface area contributed by atoms with Crippen molar-refractivity contribution >= 4 is 0 Å².